The summed E-state index contributed by atoms with van der Waals surface area (Å²) in [5.74, 6) is 2.29. The number of rotatable bonds is 3. The summed E-state index contributed by atoms with van der Waals surface area (Å²) in [5.41, 5.74) is 4.60. The number of alkyl halides is 1. The molecule has 0 spiro atoms. The van der Waals surface area contributed by atoms with E-state index >= 15 is 0 Å². The largest absolute Gasteiger partial charge is 0.457 e. The summed E-state index contributed by atoms with van der Waals surface area (Å²) in [5, 5.41) is 0. The van der Waals surface area contributed by atoms with E-state index in [0.29, 0.717) is 5.88 Å². The number of hydrogen-bond donors (Lipinski definition) is 0. The number of halogens is 1. The molecule has 2 aromatic rings. The topological polar surface area (TPSA) is 9.23 Å². The number of aryl methyl sites for hydroxylation is 2. The van der Waals surface area contributed by atoms with Crippen molar-refractivity contribution in [3.8, 4) is 11.5 Å². The van der Waals surface area contributed by atoms with Crippen LogP contribution in [0.2, 0.25) is 0 Å². The van der Waals surface area contributed by atoms with Gasteiger partial charge in [-0.25, -0.2) is 0 Å². The molecule has 0 atom stereocenters. The van der Waals surface area contributed by atoms with Crippen LogP contribution >= 0.6 is 11.6 Å². The maximum absolute atomic E-state index is 6.00. The molecular weight excluding hydrogens is 244 g/mol. The zero-order chi connectivity index (χ0) is 13.1. The molecule has 1 nitrogen and oxygen atoms in total. The van der Waals surface area contributed by atoms with Gasteiger partial charge in [-0.05, 0) is 55.2 Å². The highest BCUT2D eigenvalue weighted by atomic mass is 35.5. The molecule has 94 valence electrons. The first-order valence-electron chi connectivity index (χ1n) is 6.01. The molecule has 0 saturated heterocycles. The van der Waals surface area contributed by atoms with Crippen LogP contribution in [0.15, 0.2) is 36.4 Å². The van der Waals surface area contributed by atoms with Crippen molar-refractivity contribution >= 4 is 11.6 Å². The maximum atomic E-state index is 6.00. The normalized spacial score (nSPS) is 10.4. The number of hydrogen-bond acceptors (Lipinski definition) is 1. The van der Waals surface area contributed by atoms with Gasteiger partial charge in [0.1, 0.15) is 11.5 Å². The Morgan fingerprint density at radius 2 is 1.72 bits per heavy atom. The van der Waals surface area contributed by atoms with E-state index < -0.39 is 0 Å². The predicted molar refractivity (Wildman–Crippen MR) is 76.7 cm³/mol. The highest BCUT2D eigenvalue weighted by Gasteiger charge is 2.06. The minimum atomic E-state index is 0.503. The van der Waals surface area contributed by atoms with E-state index in [2.05, 4.69) is 19.9 Å². The highest BCUT2D eigenvalue weighted by Crippen LogP contribution is 2.30. The summed E-state index contributed by atoms with van der Waals surface area (Å²) in [4.78, 5) is 0. The average molecular weight is 261 g/mol. The van der Waals surface area contributed by atoms with Gasteiger partial charge in [0.25, 0.3) is 0 Å². The van der Waals surface area contributed by atoms with Crippen molar-refractivity contribution < 1.29 is 4.74 Å². The summed E-state index contributed by atoms with van der Waals surface area (Å²) >= 11 is 5.86. The molecule has 0 aliphatic heterocycles. The Labute approximate surface area is 113 Å². The lowest BCUT2D eigenvalue weighted by Gasteiger charge is -2.13. The first kappa shape index (κ1) is 13.0. The van der Waals surface area contributed by atoms with E-state index in [-0.39, 0.29) is 0 Å². The lowest BCUT2D eigenvalue weighted by molar-refractivity contribution is 0.474. The van der Waals surface area contributed by atoms with Gasteiger partial charge in [0.2, 0.25) is 0 Å². The molecule has 0 aromatic heterocycles. The molecule has 0 fully saturated rings. The summed E-state index contributed by atoms with van der Waals surface area (Å²) < 4.78 is 6.00. The van der Waals surface area contributed by atoms with Gasteiger partial charge in [-0.3, -0.25) is 0 Å². The van der Waals surface area contributed by atoms with E-state index in [0.717, 1.165) is 22.6 Å². The second-order valence-corrected chi connectivity index (χ2v) is 4.80. The standard InChI is InChI=1S/C16H17ClO/c1-11-5-4-6-15(13(11)3)18-16-9-14(10-17)8-7-12(16)2/h4-9H,10H2,1-3H3. The molecule has 0 aliphatic rings. The fraction of sp³-hybridized carbons (Fsp3) is 0.250. The zero-order valence-electron chi connectivity index (χ0n) is 11.0. The van der Waals surface area contributed by atoms with Crippen molar-refractivity contribution in [1.82, 2.24) is 0 Å². The number of benzene rings is 2. The van der Waals surface area contributed by atoms with Crippen LogP contribution in [0.4, 0.5) is 0 Å². The molecule has 0 aliphatic carbocycles. The highest BCUT2D eigenvalue weighted by molar-refractivity contribution is 6.17. The first-order chi connectivity index (χ1) is 8.61. The molecule has 0 amide bonds. The summed E-state index contributed by atoms with van der Waals surface area (Å²) in [6, 6.07) is 12.2. The summed E-state index contributed by atoms with van der Waals surface area (Å²) in [7, 11) is 0. The van der Waals surface area contributed by atoms with Gasteiger partial charge in [-0.1, -0.05) is 24.3 Å². The van der Waals surface area contributed by atoms with Crippen molar-refractivity contribution in [2.24, 2.45) is 0 Å². The Bertz CT molecular complexity index is 561. The van der Waals surface area contributed by atoms with Gasteiger partial charge in [0.05, 0.1) is 0 Å². The summed E-state index contributed by atoms with van der Waals surface area (Å²) in [6.45, 7) is 6.20. The molecule has 0 bridgehead atoms. The molecule has 18 heavy (non-hydrogen) atoms. The fourth-order valence-corrected chi connectivity index (χ4v) is 1.96. The van der Waals surface area contributed by atoms with Crippen molar-refractivity contribution in [3.05, 3.63) is 58.7 Å². The number of ether oxygens (including phenoxy) is 1. The van der Waals surface area contributed by atoms with E-state index in [1.165, 1.54) is 11.1 Å². The van der Waals surface area contributed by atoms with Crippen LogP contribution in [-0.2, 0) is 5.88 Å². The SMILES string of the molecule is Cc1ccc(CCl)cc1Oc1cccc(C)c1C. The lowest BCUT2D eigenvalue weighted by Crippen LogP contribution is -1.93. The summed E-state index contributed by atoms with van der Waals surface area (Å²) in [6.07, 6.45) is 0. The minimum Gasteiger partial charge on any atom is -0.457 e. The van der Waals surface area contributed by atoms with Crippen LogP contribution < -0.4 is 4.74 Å². The van der Waals surface area contributed by atoms with E-state index in [1.807, 2.05) is 37.3 Å². The van der Waals surface area contributed by atoms with Crippen molar-refractivity contribution in [2.75, 3.05) is 0 Å². The van der Waals surface area contributed by atoms with Gasteiger partial charge in [-0.15, -0.1) is 11.6 Å². The Morgan fingerprint density at radius 1 is 0.944 bits per heavy atom. The second kappa shape index (κ2) is 5.45. The van der Waals surface area contributed by atoms with E-state index in [9.17, 15) is 0 Å². The van der Waals surface area contributed by atoms with Crippen LogP contribution in [-0.4, -0.2) is 0 Å². The third kappa shape index (κ3) is 2.68. The Hall–Kier alpha value is -1.47. The van der Waals surface area contributed by atoms with Crippen molar-refractivity contribution in [2.45, 2.75) is 26.7 Å². The molecule has 0 radical (unpaired) electrons. The van der Waals surface area contributed by atoms with Crippen molar-refractivity contribution in [1.29, 1.82) is 0 Å². The Kier molecular flexibility index (Phi) is 3.93. The predicted octanol–water partition coefficient (Wildman–Crippen LogP) is 5.14. The molecule has 0 heterocycles. The average Bonchev–Trinajstić information content (AvgIpc) is 2.37. The van der Waals surface area contributed by atoms with E-state index in [4.69, 9.17) is 16.3 Å². The quantitative estimate of drug-likeness (QED) is 0.694. The smallest absolute Gasteiger partial charge is 0.130 e. The van der Waals surface area contributed by atoms with E-state index in [1.54, 1.807) is 0 Å². The zero-order valence-corrected chi connectivity index (χ0v) is 11.7. The second-order valence-electron chi connectivity index (χ2n) is 4.53. The monoisotopic (exact) mass is 260 g/mol. The first-order valence-corrected chi connectivity index (χ1v) is 6.55. The minimum absolute atomic E-state index is 0.503. The van der Waals surface area contributed by atoms with Crippen LogP contribution in [0.25, 0.3) is 0 Å². The van der Waals surface area contributed by atoms with Gasteiger partial charge < -0.3 is 4.74 Å². The molecule has 0 unspecified atom stereocenters. The fourth-order valence-electron chi connectivity index (χ4n) is 1.79. The lowest BCUT2D eigenvalue weighted by atomic mass is 10.1. The molecule has 2 heteroatoms. The third-order valence-corrected chi connectivity index (χ3v) is 3.49. The molecule has 0 saturated carbocycles. The molecule has 0 N–H and O–H groups in total. The van der Waals surface area contributed by atoms with Gasteiger partial charge in [0, 0.05) is 5.88 Å². The van der Waals surface area contributed by atoms with Gasteiger partial charge in [-0.2, -0.15) is 0 Å². The molecule has 2 rings (SSSR count). The van der Waals surface area contributed by atoms with Gasteiger partial charge in [0.15, 0.2) is 0 Å². The maximum Gasteiger partial charge on any atom is 0.130 e. The van der Waals surface area contributed by atoms with Crippen LogP contribution in [0, 0.1) is 20.8 Å². The van der Waals surface area contributed by atoms with Crippen LogP contribution in [0.3, 0.4) is 0 Å². The van der Waals surface area contributed by atoms with Crippen LogP contribution in [0.5, 0.6) is 11.5 Å². The van der Waals surface area contributed by atoms with Crippen molar-refractivity contribution in [3.63, 3.8) is 0 Å². The molecular formula is C16H17ClO. The Balaban J connectivity index is 2.36. The molecule has 2 aromatic carbocycles. The van der Waals surface area contributed by atoms with Gasteiger partial charge >= 0.3 is 0 Å². The third-order valence-electron chi connectivity index (χ3n) is 3.18. The Morgan fingerprint density at radius 3 is 2.44 bits per heavy atom. The van der Waals surface area contributed by atoms with Crippen LogP contribution in [0.1, 0.15) is 22.3 Å².